The average molecular weight is 274 g/mol. The third-order valence-electron chi connectivity index (χ3n) is 4.54. The van der Waals surface area contributed by atoms with Crippen LogP contribution in [0.15, 0.2) is 30.3 Å². The van der Waals surface area contributed by atoms with Gasteiger partial charge in [-0.3, -0.25) is 4.79 Å². The van der Waals surface area contributed by atoms with Crippen LogP contribution in [0.3, 0.4) is 0 Å². The van der Waals surface area contributed by atoms with Gasteiger partial charge in [0, 0.05) is 25.7 Å². The fourth-order valence-corrected chi connectivity index (χ4v) is 3.00. The Kier molecular flexibility index (Phi) is 4.03. The molecule has 0 aromatic heterocycles. The third kappa shape index (κ3) is 2.72. The van der Waals surface area contributed by atoms with E-state index in [1.165, 1.54) is 5.56 Å². The topological polar surface area (TPSA) is 52.6 Å². The molecule has 4 heteroatoms. The van der Waals surface area contributed by atoms with E-state index in [1.54, 1.807) is 0 Å². The Balaban J connectivity index is 1.64. The zero-order valence-electron chi connectivity index (χ0n) is 11.7. The Morgan fingerprint density at radius 3 is 2.70 bits per heavy atom. The van der Waals surface area contributed by atoms with E-state index in [2.05, 4.69) is 17.4 Å². The number of hydrogen-bond acceptors (Lipinski definition) is 3. The molecule has 0 bridgehead atoms. The highest BCUT2D eigenvalue weighted by Gasteiger charge is 2.35. The van der Waals surface area contributed by atoms with Crippen molar-refractivity contribution in [2.24, 2.45) is 5.92 Å². The number of aliphatic hydroxyl groups is 1. The molecule has 1 amide bonds. The maximum Gasteiger partial charge on any atom is 0.251 e. The second kappa shape index (κ2) is 5.94. The molecule has 1 aliphatic carbocycles. The highest BCUT2D eigenvalue weighted by atomic mass is 16.3. The largest absolute Gasteiger partial charge is 0.383 e. The maximum atomic E-state index is 12.4. The van der Waals surface area contributed by atoms with Crippen LogP contribution >= 0.6 is 0 Å². The van der Waals surface area contributed by atoms with E-state index in [0.717, 1.165) is 25.8 Å². The number of rotatable bonds is 3. The molecule has 1 heterocycles. The molecule has 108 valence electrons. The Morgan fingerprint density at radius 1 is 1.30 bits per heavy atom. The first-order valence-corrected chi connectivity index (χ1v) is 7.51. The van der Waals surface area contributed by atoms with Crippen LogP contribution in [-0.2, 0) is 4.79 Å². The van der Waals surface area contributed by atoms with Crippen LogP contribution in [0.25, 0.3) is 0 Å². The summed E-state index contributed by atoms with van der Waals surface area (Å²) >= 11 is 0. The molecule has 2 aliphatic rings. The monoisotopic (exact) mass is 274 g/mol. The molecule has 1 aromatic rings. The van der Waals surface area contributed by atoms with Crippen molar-refractivity contribution >= 4 is 5.91 Å². The van der Waals surface area contributed by atoms with E-state index >= 15 is 0 Å². The molecule has 2 N–H and O–H groups in total. The average Bonchev–Trinajstić information content (AvgIpc) is 2.46. The number of carbonyl (C=O) groups is 1. The number of nitrogens with one attached hydrogen (secondary N) is 1. The van der Waals surface area contributed by atoms with Crippen molar-refractivity contribution in [1.82, 2.24) is 10.2 Å². The van der Waals surface area contributed by atoms with Gasteiger partial charge in [-0.15, -0.1) is 0 Å². The van der Waals surface area contributed by atoms with Gasteiger partial charge in [0.2, 0.25) is 0 Å². The summed E-state index contributed by atoms with van der Waals surface area (Å²) < 4.78 is 0. The van der Waals surface area contributed by atoms with Crippen molar-refractivity contribution in [3.8, 4) is 0 Å². The first-order valence-electron chi connectivity index (χ1n) is 7.51. The Labute approximate surface area is 119 Å². The number of nitrogens with zero attached hydrogens (tertiary/aromatic N) is 1. The molecule has 1 aromatic carbocycles. The highest BCUT2D eigenvalue weighted by Crippen LogP contribution is 2.30. The van der Waals surface area contributed by atoms with Gasteiger partial charge in [-0.05, 0) is 24.3 Å². The molecule has 0 spiro atoms. The van der Waals surface area contributed by atoms with Gasteiger partial charge < -0.3 is 15.3 Å². The van der Waals surface area contributed by atoms with E-state index in [-0.39, 0.29) is 17.9 Å². The molecule has 20 heavy (non-hydrogen) atoms. The first-order chi connectivity index (χ1) is 9.75. The van der Waals surface area contributed by atoms with Gasteiger partial charge in [0.1, 0.15) is 6.10 Å². The van der Waals surface area contributed by atoms with Crippen molar-refractivity contribution in [2.75, 3.05) is 19.6 Å². The summed E-state index contributed by atoms with van der Waals surface area (Å²) in [6, 6.07) is 10.3. The standard InChI is InChI=1S/C16H22N2O2/c19-15(13-7-4-8-13)16(20)18-10-9-17-14(11-18)12-5-2-1-3-6-12/h1-3,5-6,13-15,17,19H,4,7-11H2. The smallest absolute Gasteiger partial charge is 0.251 e. The van der Waals surface area contributed by atoms with Gasteiger partial charge in [-0.25, -0.2) is 0 Å². The van der Waals surface area contributed by atoms with Crippen molar-refractivity contribution in [3.63, 3.8) is 0 Å². The molecule has 1 aliphatic heterocycles. The van der Waals surface area contributed by atoms with Crippen molar-refractivity contribution < 1.29 is 9.90 Å². The Bertz CT molecular complexity index is 459. The van der Waals surface area contributed by atoms with Crippen LogP contribution in [0.2, 0.25) is 0 Å². The Hall–Kier alpha value is -1.39. The lowest BCUT2D eigenvalue weighted by atomic mass is 9.80. The van der Waals surface area contributed by atoms with Gasteiger partial charge in [-0.1, -0.05) is 36.8 Å². The summed E-state index contributed by atoms with van der Waals surface area (Å²) in [7, 11) is 0. The minimum Gasteiger partial charge on any atom is -0.383 e. The van der Waals surface area contributed by atoms with Crippen LogP contribution in [0.4, 0.5) is 0 Å². The number of benzene rings is 1. The molecule has 2 fully saturated rings. The van der Waals surface area contributed by atoms with Gasteiger partial charge in [0.05, 0.1) is 0 Å². The normalized spacial score (nSPS) is 25.1. The molecule has 0 radical (unpaired) electrons. The first kappa shape index (κ1) is 13.6. The summed E-state index contributed by atoms with van der Waals surface area (Å²) in [4.78, 5) is 14.2. The predicted molar refractivity (Wildman–Crippen MR) is 77.1 cm³/mol. The van der Waals surface area contributed by atoms with Crippen LogP contribution in [0.1, 0.15) is 30.9 Å². The summed E-state index contributed by atoms with van der Waals surface area (Å²) in [5.41, 5.74) is 1.20. The second-order valence-electron chi connectivity index (χ2n) is 5.84. The minimum absolute atomic E-state index is 0.0860. The molecule has 3 rings (SSSR count). The molecule has 2 atom stereocenters. The summed E-state index contributed by atoms with van der Waals surface area (Å²) in [6.07, 6.45) is 2.32. The third-order valence-corrected chi connectivity index (χ3v) is 4.54. The van der Waals surface area contributed by atoms with E-state index in [9.17, 15) is 9.90 Å². The minimum atomic E-state index is -0.793. The van der Waals surface area contributed by atoms with E-state index in [1.807, 2.05) is 23.1 Å². The van der Waals surface area contributed by atoms with Crippen molar-refractivity contribution in [1.29, 1.82) is 0 Å². The molecular weight excluding hydrogens is 252 g/mol. The fraction of sp³-hybridized carbons (Fsp3) is 0.562. The van der Waals surface area contributed by atoms with Gasteiger partial charge in [-0.2, -0.15) is 0 Å². The molecule has 1 saturated heterocycles. The zero-order chi connectivity index (χ0) is 13.9. The van der Waals surface area contributed by atoms with Gasteiger partial charge in [0.25, 0.3) is 5.91 Å². The zero-order valence-corrected chi connectivity index (χ0v) is 11.7. The summed E-state index contributed by atoms with van der Waals surface area (Å²) in [6.45, 7) is 2.11. The van der Waals surface area contributed by atoms with Crippen LogP contribution in [0, 0.1) is 5.92 Å². The van der Waals surface area contributed by atoms with Crippen LogP contribution in [-0.4, -0.2) is 41.7 Å². The molecule has 1 saturated carbocycles. The SMILES string of the molecule is O=C(C(O)C1CCC1)N1CCNC(c2ccccc2)C1. The quantitative estimate of drug-likeness (QED) is 0.874. The number of amides is 1. The van der Waals surface area contributed by atoms with Gasteiger partial charge in [0.15, 0.2) is 0 Å². The van der Waals surface area contributed by atoms with Gasteiger partial charge >= 0.3 is 0 Å². The van der Waals surface area contributed by atoms with E-state index in [0.29, 0.717) is 13.1 Å². The lowest BCUT2D eigenvalue weighted by Gasteiger charge is -2.38. The number of aliphatic hydroxyl groups excluding tert-OH is 1. The molecule has 4 nitrogen and oxygen atoms in total. The van der Waals surface area contributed by atoms with Crippen molar-refractivity contribution in [2.45, 2.75) is 31.4 Å². The Morgan fingerprint density at radius 2 is 2.05 bits per heavy atom. The molecular formula is C16H22N2O2. The molecule has 2 unspecified atom stereocenters. The summed E-state index contributed by atoms with van der Waals surface area (Å²) in [5.74, 6) is 0.102. The second-order valence-corrected chi connectivity index (χ2v) is 5.84. The number of piperazine rings is 1. The van der Waals surface area contributed by atoms with Crippen molar-refractivity contribution in [3.05, 3.63) is 35.9 Å². The number of hydrogen-bond donors (Lipinski definition) is 2. The number of carbonyl (C=O) groups excluding carboxylic acids is 1. The van der Waals surface area contributed by atoms with E-state index in [4.69, 9.17) is 0 Å². The summed E-state index contributed by atoms with van der Waals surface area (Å²) in [5, 5.41) is 13.6. The fourth-order valence-electron chi connectivity index (χ4n) is 3.00. The van der Waals surface area contributed by atoms with E-state index < -0.39 is 6.10 Å². The lowest BCUT2D eigenvalue weighted by molar-refractivity contribution is -0.146. The van der Waals surface area contributed by atoms with Crippen LogP contribution in [0.5, 0.6) is 0 Å². The maximum absolute atomic E-state index is 12.4. The highest BCUT2D eigenvalue weighted by molar-refractivity contribution is 5.81. The lowest BCUT2D eigenvalue weighted by Crippen LogP contribution is -2.53. The predicted octanol–water partition coefficient (Wildman–Crippen LogP) is 1.32. The van der Waals surface area contributed by atoms with Crippen LogP contribution < -0.4 is 5.32 Å².